The van der Waals surface area contributed by atoms with Gasteiger partial charge in [-0.1, -0.05) is 54.1 Å². The van der Waals surface area contributed by atoms with Crippen molar-refractivity contribution in [1.29, 1.82) is 0 Å². The van der Waals surface area contributed by atoms with Crippen molar-refractivity contribution in [2.45, 2.75) is 6.54 Å². The van der Waals surface area contributed by atoms with Crippen LogP contribution in [0.25, 0.3) is 22.6 Å². The van der Waals surface area contributed by atoms with Crippen molar-refractivity contribution in [3.63, 3.8) is 0 Å². The first kappa shape index (κ1) is 18.3. The molecule has 6 heteroatoms. The molecule has 0 unspecified atom stereocenters. The predicted octanol–water partition coefficient (Wildman–Crippen LogP) is 4.31. The van der Waals surface area contributed by atoms with Gasteiger partial charge >= 0.3 is 0 Å². The lowest BCUT2D eigenvalue weighted by Crippen LogP contribution is -2.31. The van der Waals surface area contributed by atoms with Crippen molar-refractivity contribution in [3.8, 4) is 22.6 Å². The molecule has 0 radical (unpaired) electrons. The van der Waals surface area contributed by atoms with Crippen LogP contribution in [0.15, 0.2) is 59.4 Å². The largest absolute Gasteiger partial charge is 0.306 e. The summed E-state index contributed by atoms with van der Waals surface area (Å²) in [6.45, 7) is 3.24. The van der Waals surface area contributed by atoms with E-state index in [2.05, 4.69) is 27.0 Å². The summed E-state index contributed by atoms with van der Waals surface area (Å²) in [6.07, 6.45) is 0. The van der Waals surface area contributed by atoms with Gasteiger partial charge in [-0.05, 0) is 11.6 Å². The zero-order valence-corrected chi connectivity index (χ0v) is 16.4. The van der Waals surface area contributed by atoms with Gasteiger partial charge in [-0.3, -0.25) is 9.69 Å². The van der Waals surface area contributed by atoms with Crippen molar-refractivity contribution in [2.75, 3.05) is 24.6 Å². The highest BCUT2D eigenvalue weighted by atomic mass is 35.5. The maximum absolute atomic E-state index is 12.2. The molecule has 0 atom stereocenters. The highest BCUT2D eigenvalue weighted by molar-refractivity contribution is 7.99. The fourth-order valence-electron chi connectivity index (χ4n) is 3.19. The van der Waals surface area contributed by atoms with Crippen LogP contribution in [0.2, 0.25) is 5.02 Å². The van der Waals surface area contributed by atoms with Crippen LogP contribution in [0.4, 0.5) is 0 Å². The monoisotopic (exact) mass is 397 g/mol. The van der Waals surface area contributed by atoms with Gasteiger partial charge in [-0.25, -0.2) is 4.98 Å². The summed E-state index contributed by atoms with van der Waals surface area (Å²) in [4.78, 5) is 22.1. The lowest BCUT2D eigenvalue weighted by molar-refractivity contribution is 0.294. The molecule has 4 rings (SSSR count). The van der Waals surface area contributed by atoms with Crippen molar-refractivity contribution in [1.82, 2.24) is 14.9 Å². The van der Waals surface area contributed by atoms with Crippen molar-refractivity contribution < 1.29 is 0 Å². The number of nitrogens with zero attached hydrogens (tertiary/aromatic N) is 2. The van der Waals surface area contributed by atoms with Gasteiger partial charge in [-0.2, -0.15) is 11.8 Å². The highest BCUT2D eigenvalue weighted by Crippen LogP contribution is 2.26. The van der Waals surface area contributed by atoms with Crippen molar-refractivity contribution >= 4 is 23.4 Å². The molecule has 0 aliphatic carbocycles. The molecule has 1 aliphatic rings. The lowest BCUT2D eigenvalue weighted by Gasteiger charge is -2.26. The highest BCUT2D eigenvalue weighted by Gasteiger charge is 2.12. The SMILES string of the molecule is O=c1cc(-c2ccccc2Cl)nc(-c2ccc(CN3CCSCC3)cc2)[nH]1. The van der Waals surface area contributed by atoms with E-state index in [-0.39, 0.29) is 5.56 Å². The van der Waals surface area contributed by atoms with E-state index in [0.717, 1.165) is 30.8 Å². The first-order valence-corrected chi connectivity index (χ1v) is 10.5. The molecule has 0 bridgehead atoms. The summed E-state index contributed by atoms with van der Waals surface area (Å²) in [5, 5.41) is 0.580. The summed E-state index contributed by atoms with van der Waals surface area (Å²) in [7, 11) is 0. The van der Waals surface area contributed by atoms with Gasteiger partial charge in [0.15, 0.2) is 0 Å². The molecule has 1 aromatic heterocycles. The van der Waals surface area contributed by atoms with Crippen molar-refractivity contribution in [3.05, 3.63) is 75.5 Å². The third kappa shape index (κ3) is 4.43. The zero-order chi connectivity index (χ0) is 18.6. The Morgan fingerprint density at radius 2 is 1.81 bits per heavy atom. The summed E-state index contributed by atoms with van der Waals surface area (Å²) in [5.74, 6) is 2.97. The molecule has 1 fully saturated rings. The van der Waals surface area contributed by atoms with Gasteiger partial charge in [0, 0.05) is 53.4 Å². The molecule has 0 spiro atoms. The Morgan fingerprint density at radius 3 is 2.56 bits per heavy atom. The number of hydrogen-bond donors (Lipinski definition) is 1. The number of thioether (sulfide) groups is 1. The predicted molar refractivity (Wildman–Crippen MR) is 113 cm³/mol. The fraction of sp³-hybridized carbons (Fsp3) is 0.238. The number of aromatic nitrogens is 2. The van der Waals surface area contributed by atoms with Crippen LogP contribution >= 0.6 is 23.4 Å². The van der Waals surface area contributed by atoms with Crippen LogP contribution in [-0.4, -0.2) is 39.5 Å². The van der Waals surface area contributed by atoms with E-state index in [1.807, 2.05) is 42.1 Å². The third-order valence-electron chi connectivity index (χ3n) is 4.63. The second-order valence-electron chi connectivity index (χ2n) is 6.54. The van der Waals surface area contributed by atoms with Crippen LogP contribution in [0, 0.1) is 0 Å². The molecule has 4 nitrogen and oxygen atoms in total. The van der Waals surface area contributed by atoms with Gasteiger partial charge < -0.3 is 4.98 Å². The minimum absolute atomic E-state index is 0.190. The van der Waals surface area contributed by atoms with Crippen LogP contribution in [-0.2, 0) is 6.54 Å². The van der Waals surface area contributed by atoms with E-state index in [4.69, 9.17) is 11.6 Å². The van der Waals surface area contributed by atoms with Gasteiger partial charge in [-0.15, -0.1) is 0 Å². The normalized spacial score (nSPS) is 15.0. The average molecular weight is 398 g/mol. The molecule has 1 saturated heterocycles. The molecule has 27 heavy (non-hydrogen) atoms. The average Bonchev–Trinajstić information content (AvgIpc) is 2.69. The maximum atomic E-state index is 12.2. The Bertz CT molecular complexity index is 981. The molecule has 138 valence electrons. The molecule has 2 heterocycles. The van der Waals surface area contributed by atoms with Gasteiger partial charge in [0.2, 0.25) is 0 Å². The standard InChI is InChI=1S/C21H20ClN3OS/c22-18-4-2-1-3-17(18)19-13-20(26)24-21(23-19)16-7-5-15(6-8-16)14-25-9-11-27-12-10-25/h1-8,13H,9-12,14H2,(H,23,24,26). The molecule has 0 saturated carbocycles. The number of halogens is 1. The van der Waals surface area contributed by atoms with E-state index in [1.54, 1.807) is 6.07 Å². The van der Waals surface area contributed by atoms with E-state index in [0.29, 0.717) is 16.5 Å². The second kappa shape index (κ2) is 8.30. The van der Waals surface area contributed by atoms with E-state index in [9.17, 15) is 4.79 Å². The Morgan fingerprint density at radius 1 is 1.07 bits per heavy atom. The van der Waals surface area contributed by atoms with Crippen LogP contribution in [0.1, 0.15) is 5.56 Å². The van der Waals surface area contributed by atoms with E-state index in [1.165, 1.54) is 23.1 Å². The molecule has 1 N–H and O–H groups in total. The number of aromatic amines is 1. The Hall–Kier alpha value is -2.08. The lowest BCUT2D eigenvalue weighted by atomic mass is 10.1. The second-order valence-corrected chi connectivity index (χ2v) is 8.18. The Labute approximate surface area is 167 Å². The smallest absolute Gasteiger partial charge is 0.251 e. The Balaban J connectivity index is 1.60. The minimum atomic E-state index is -0.190. The fourth-order valence-corrected chi connectivity index (χ4v) is 4.40. The maximum Gasteiger partial charge on any atom is 0.251 e. The van der Waals surface area contributed by atoms with E-state index >= 15 is 0 Å². The zero-order valence-electron chi connectivity index (χ0n) is 14.8. The molecule has 2 aromatic carbocycles. The number of hydrogen-bond acceptors (Lipinski definition) is 4. The topological polar surface area (TPSA) is 49.0 Å². The first-order valence-electron chi connectivity index (χ1n) is 8.95. The minimum Gasteiger partial charge on any atom is -0.306 e. The Kier molecular flexibility index (Phi) is 5.62. The van der Waals surface area contributed by atoms with Gasteiger partial charge in [0.1, 0.15) is 5.82 Å². The number of H-pyrrole nitrogens is 1. The van der Waals surface area contributed by atoms with Gasteiger partial charge in [0.05, 0.1) is 5.69 Å². The van der Waals surface area contributed by atoms with Crippen LogP contribution < -0.4 is 5.56 Å². The quantitative estimate of drug-likeness (QED) is 0.712. The molecular weight excluding hydrogens is 378 g/mol. The molecule has 0 amide bonds. The summed E-state index contributed by atoms with van der Waals surface area (Å²) in [6, 6.07) is 17.1. The number of benzene rings is 2. The molecular formula is C21H20ClN3OS. The van der Waals surface area contributed by atoms with Gasteiger partial charge in [0.25, 0.3) is 5.56 Å². The molecule has 3 aromatic rings. The summed E-state index contributed by atoms with van der Waals surface area (Å²) < 4.78 is 0. The third-order valence-corrected chi connectivity index (χ3v) is 5.90. The summed E-state index contributed by atoms with van der Waals surface area (Å²) in [5.41, 5.74) is 3.30. The van der Waals surface area contributed by atoms with Crippen molar-refractivity contribution in [2.24, 2.45) is 0 Å². The number of rotatable bonds is 4. The number of nitrogens with one attached hydrogen (secondary N) is 1. The van der Waals surface area contributed by atoms with Crippen LogP contribution in [0.3, 0.4) is 0 Å². The summed E-state index contributed by atoms with van der Waals surface area (Å²) >= 11 is 8.28. The van der Waals surface area contributed by atoms with Crippen LogP contribution in [0.5, 0.6) is 0 Å². The molecule has 1 aliphatic heterocycles. The first-order chi connectivity index (χ1) is 13.2. The van der Waals surface area contributed by atoms with E-state index < -0.39 is 0 Å².